The first-order valence-electron chi connectivity index (χ1n) is 9.78. The van der Waals surface area contributed by atoms with Crippen molar-refractivity contribution < 1.29 is 20.1 Å². The zero-order chi connectivity index (χ0) is 21.9. The fourth-order valence-corrected chi connectivity index (χ4v) is 2.36. The molecule has 0 heterocycles. The average Bonchev–Trinajstić information content (AvgIpc) is 2.70. The van der Waals surface area contributed by atoms with Crippen molar-refractivity contribution in [1.82, 2.24) is 0 Å². The highest BCUT2D eigenvalue weighted by atomic mass is 16.4. The summed E-state index contributed by atoms with van der Waals surface area (Å²) in [6, 6.07) is 0. The number of unbranched alkanes of at least 4 members (excludes halogenated alkanes) is 1. The van der Waals surface area contributed by atoms with Gasteiger partial charge in [0.2, 0.25) is 0 Å². The molecular formula is C25H34O4. The van der Waals surface area contributed by atoms with Crippen molar-refractivity contribution >= 4 is 5.97 Å². The Bertz CT molecular complexity index is 662. The molecule has 0 saturated heterocycles. The molecule has 0 rings (SSSR count). The second-order valence-corrected chi connectivity index (χ2v) is 6.61. The fraction of sp³-hybridized carbons (Fsp3) is 0.320. The Balaban J connectivity index is 4.22. The highest BCUT2D eigenvalue weighted by Gasteiger charge is 2.24. The first kappa shape index (κ1) is 26.3. The first-order valence-corrected chi connectivity index (χ1v) is 9.78. The van der Waals surface area contributed by atoms with Crippen molar-refractivity contribution in [2.24, 2.45) is 11.8 Å². The van der Waals surface area contributed by atoms with E-state index in [9.17, 15) is 15.0 Å². The summed E-state index contributed by atoms with van der Waals surface area (Å²) >= 11 is 0. The van der Waals surface area contributed by atoms with Crippen molar-refractivity contribution in [3.05, 3.63) is 97.7 Å². The molecule has 0 fully saturated rings. The predicted octanol–water partition coefficient (Wildman–Crippen LogP) is 4.92. The summed E-state index contributed by atoms with van der Waals surface area (Å²) < 4.78 is 0. The number of aliphatic hydroxyl groups is 2. The first-order chi connectivity index (χ1) is 13.9. The summed E-state index contributed by atoms with van der Waals surface area (Å²) in [5.74, 6) is -1.29. The minimum Gasteiger partial charge on any atom is -0.478 e. The van der Waals surface area contributed by atoms with Crippen LogP contribution in [0.25, 0.3) is 0 Å². The van der Waals surface area contributed by atoms with Crippen LogP contribution in [0.5, 0.6) is 0 Å². The number of aliphatic hydroxyl groups excluding tert-OH is 2. The monoisotopic (exact) mass is 398 g/mol. The lowest BCUT2D eigenvalue weighted by Gasteiger charge is -2.25. The van der Waals surface area contributed by atoms with E-state index in [0.29, 0.717) is 0 Å². The summed E-state index contributed by atoms with van der Waals surface area (Å²) in [5, 5.41) is 29.0. The largest absolute Gasteiger partial charge is 0.478 e. The van der Waals surface area contributed by atoms with E-state index in [0.717, 1.165) is 18.9 Å². The number of allylic oxidation sites excluding steroid dienone is 12. The molecule has 0 radical (unpaired) electrons. The molecule has 29 heavy (non-hydrogen) atoms. The zero-order valence-corrected chi connectivity index (χ0v) is 17.3. The zero-order valence-electron chi connectivity index (χ0n) is 17.3. The van der Waals surface area contributed by atoms with Crippen LogP contribution in [0.3, 0.4) is 0 Å². The highest BCUT2D eigenvalue weighted by Crippen LogP contribution is 2.19. The van der Waals surface area contributed by atoms with E-state index < -0.39 is 18.2 Å². The van der Waals surface area contributed by atoms with E-state index in [1.165, 1.54) is 6.08 Å². The van der Waals surface area contributed by atoms with Crippen LogP contribution in [0.15, 0.2) is 97.7 Å². The molecule has 0 bridgehead atoms. The molecule has 4 unspecified atom stereocenters. The fourth-order valence-electron chi connectivity index (χ4n) is 2.36. The van der Waals surface area contributed by atoms with Crippen LogP contribution in [-0.2, 0) is 4.79 Å². The van der Waals surface area contributed by atoms with Gasteiger partial charge in [0.1, 0.15) is 0 Å². The predicted molar refractivity (Wildman–Crippen MR) is 121 cm³/mol. The number of aliphatic carboxylic acids is 1. The molecule has 3 N–H and O–H groups in total. The summed E-state index contributed by atoms with van der Waals surface area (Å²) in [6.07, 6.45) is 26.7. The third-order valence-corrected chi connectivity index (χ3v) is 4.15. The number of rotatable bonds is 14. The Morgan fingerprint density at radius 2 is 1.41 bits per heavy atom. The number of hydrogen-bond donors (Lipinski definition) is 3. The Kier molecular flexibility index (Phi) is 15.8. The van der Waals surface area contributed by atoms with E-state index in [2.05, 4.69) is 6.58 Å². The van der Waals surface area contributed by atoms with Crippen LogP contribution in [0.1, 0.15) is 26.7 Å². The van der Waals surface area contributed by atoms with Gasteiger partial charge in [0.15, 0.2) is 0 Å². The smallest absolute Gasteiger partial charge is 0.328 e. The molecule has 0 aliphatic heterocycles. The topological polar surface area (TPSA) is 77.8 Å². The van der Waals surface area contributed by atoms with Crippen LogP contribution in [0, 0.1) is 11.8 Å². The van der Waals surface area contributed by atoms with Gasteiger partial charge < -0.3 is 15.3 Å². The summed E-state index contributed by atoms with van der Waals surface area (Å²) in [7, 11) is 0. The molecule has 0 aromatic carbocycles. The van der Waals surface area contributed by atoms with E-state index in [1.54, 1.807) is 42.5 Å². The highest BCUT2D eigenvalue weighted by molar-refractivity contribution is 5.80. The molecule has 0 aromatic rings. The Morgan fingerprint density at radius 1 is 0.828 bits per heavy atom. The van der Waals surface area contributed by atoms with Crippen LogP contribution >= 0.6 is 0 Å². The molecule has 0 aromatic heterocycles. The van der Waals surface area contributed by atoms with Crippen LogP contribution < -0.4 is 0 Å². The van der Waals surface area contributed by atoms with Crippen molar-refractivity contribution in [1.29, 1.82) is 0 Å². The van der Waals surface area contributed by atoms with Gasteiger partial charge in [-0.25, -0.2) is 4.79 Å². The van der Waals surface area contributed by atoms with E-state index in [4.69, 9.17) is 5.11 Å². The lowest BCUT2D eigenvalue weighted by molar-refractivity contribution is -0.131. The van der Waals surface area contributed by atoms with Crippen molar-refractivity contribution in [3.8, 4) is 0 Å². The molecule has 4 heteroatoms. The number of hydrogen-bond acceptors (Lipinski definition) is 3. The van der Waals surface area contributed by atoms with Crippen LogP contribution in [0.2, 0.25) is 0 Å². The third-order valence-electron chi connectivity index (χ3n) is 4.15. The summed E-state index contributed by atoms with van der Waals surface area (Å²) in [5.41, 5.74) is 0. The third kappa shape index (κ3) is 15.0. The molecule has 0 spiro atoms. The average molecular weight is 399 g/mol. The Hall–Kier alpha value is -2.69. The van der Waals surface area contributed by atoms with Gasteiger partial charge in [-0.3, -0.25) is 0 Å². The lowest BCUT2D eigenvalue weighted by Crippen LogP contribution is -2.32. The van der Waals surface area contributed by atoms with Gasteiger partial charge in [0.25, 0.3) is 0 Å². The van der Waals surface area contributed by atoms with Gasteiger partial charge in [0.05, 0.1) is 12.2 Å². The molecule has 0 aliphatic rings. The number of carboxylic acids is 1. The summed E-state index contributed by atoms with van der Waals surface area (Å²) in [4.78, 5) is 10.3. The maximum atomic E-state index is 10.4. The van der Waals surface area contributed by atoms with Crippen molar-refractivity contribution in [3.63, 3.8) is 0 Å². The molecule has 4 atom stereocenters. The second-order valence-electron chi connectivity index (χ2n) is 6.61. The number of carbonyl (C=O) groups is 1. The van der Waals surface area contributed by atoms with Gasteiger partial charge in [-0.2, -0.15) is 0 Å². The van der Waals surface area contributed by atoms with Crippen LogP contribution in [-0.4, -0.2) is 33.5 Å². The molecule has 0 aliphatic carbocycles. The molecule has 0 amide bonds. The summed E-state index contributed by atoms with van der Waals surface area (Å²) in [6.45, 7) is 7.35. The van der Waals surface area contributed by atoms with Gasteiger partial charge in [-0.05, 0) is 12.8 Å². The van der Waals surface area contributed by atoms with Gasteiger partial charge in [0, 0.05) is 17.9 Å². The van der Waals surface area contributed by atoms with Gasteiger partial charge >= 0.3 is 5.97 Å². The quantitative estimate of drug-likeness (QED) is 0.168. The lowest BCUT2D eigenvalue weighted by atomic mass is 9.88. The standard InChI is InChI=1S/C25H34O4/c1-4-5-6-16-19-23(26)22(3)25(29)21(2)18-15-13-11-9-7-8-10-12-14-17-20-24(27)28/h4-10,12,14-23,25-26,29H,1,11,13H2,2-3H3,(H,27,28). The second kappa shape index (κ2) is 17.4. The number of carboxylic acid groups (broad SMARTS) is 1. The van der Waals surface area contributed by atoms with Crippen molar-refractivity contribution in [2.75, 3.05) is 0 Å². The molecular weight excluding hydrogens is 364 g/mol. The van der Waals surface area contributed by atoms with E-state index in [-0.39, 0.29) is 11.8 Å². The van der Waals surface area contributed by atoms with Gasteiger partial charge in [-0.1, -0.05) is 105 Å². The SMILES string of the molecule is C=CC=CC=CC(O)C(C)C(O)C(C)C=CCCC=CC=CC=CC=CC(=O)O. The minimum absolute atomic E-state index is 0.0513. The minimum atomic E-state index is -0.965. The van der Waals surface area contributed by atoms with Crippen LogP contribution in [0.4, 0.5) is 0 Å². The van der Waals surface area contributed by atoms with Crippen molar-refractivity contribution in [2.45, 2.75) is 38.9 Å². The Morgan fingerprint density at radius 3 is 2.07 bits per heavy atom. The maximum absolute atomic E-state index is 10.4. The van der Waals surface area contributed by atoms with E-state index >= 15 is 0 Å². The molecule has 4 nitrogen and oxygen atoms in total. The maximum Gasteiger partial charge on any atom is 0.328 e. The Labute approximate surface area is 175 Å². The van der Waals surface area contributed by atoms with E-state index in [1.807, 2.05) is 50.3 Å². The normalized spacial score (nSPS) is 17.5. The molecule has 0 saturated carbocycles. The van der Waals surface area contributed by atoms with Gasteiger partial charge in [-0.15, -0.1) is 0 Å². The molecule has 158 valence electrons.